The van der Waals surface area contributed by atoms with Gasteiger partial charge in [-0.2, -0.15) is 0 Å². The maximum atomic E-state index is 12.3. The summed E-state index contributed by atoms with van der Waals surface area (Å²) in [6, 6.07) is 14.1. The van der Waals surface area contributed by atoms with Gasteiger partial charge in [-0.05, 0) is 29.3 Å². The van der Waals surface area contributed by atoms with Gasteiger partial charge in [0, 0.05) is 31.0 Å². The number of carbonyl (C=O) groups excluding carboxylic acids is 1. The molecule has 0 aromatic heterocycles. The van der Waals surface area contributed by atoms with Crippen LogP contribution in [-0.4, -0.2) is 32.2 Å². The van der Waals surface area contributed by atoms with E-state index in [1.54, 1.807) is 17.1 Å². The third-order valence-corrected chi connectivity index (χ3v) is 5.32. The summed E-state index contributed by atoms with van der Waals surface area (Å²) < 4.78 is 11.1. The van der Waals surface area contributed by atoms with Crippen LogP contribution in [0.15, 0.2) is 48.5 Å². The maximum Gasteiger partial charge on any atom is 0.244 e. The van der Waals surface area contributed by atoms with E-state index in [4.69, 9.17) is 9.47 Å². The van der Waals surface area contributed by atoms with E-state index in [1.807, 2.05) is 24.3 Å². The Balaban J connectivity index is 1.34. The highest BCUT2D eigenvalue weighted by molar-refractivity contribution is 5.91. The molecule has 0 unspecified atom stereocenters. The first kappa shape index (κ1) is 18.6. The lowest BCUT2D eigenvalue weighted by molar-refractivity contribution is -0.901. The second kappa shape index (κ2) is 8.93. The molecular weight excluding hydrogens is 352 g/mol. The van der Waals surface area contributed by atoms with Crippen LogP contribution in [0.2, 0.25) is 0 Å². The van der Waals surface area contributed by atoms with Crippen molar-refractivity contribution >= 4 is 12.0 Å². The maximum absolute atomic E-state index is 12.3. The first-order valence-corrected chi connectivity index (χ1v) is 10.0. The number of rotatable bonds is 6. The highest BCUT2D eigenvalue weighted by Gasteiger charge is 2.17. The van der Waals surface area contributed by atoms with Crippen molar-refractivity contribution in [1.29, 1.82) is 0 Å². The number of fused-ring (bicyclic) bond motifs is 1. The van der Waals surface area contributed by atoms with Gasteiger partial charge in [0.2, 0.25) is 5.91 Å². The predicted octanol–water partition coefficient (Wildman–Crippen LogP) is 1.97. The molecule has 146 valence electrons. The van der Waals surface area contributed by atoms with Crippen molar-refractivity contribution < 1.29 is 19.2 Å². The largest absolute Gasteiger partial charge is 0.486 e. The van der Waals surface area contributed by atoms with E-state index < -0.39 is 0 Å². The van der Waals surface area contributed by atoms with Crippen LogP contribution in [0.5, 0.6) is 11.5 Å². The molecule has 1 amide bonds. The standard InChI is InChI=1S/C23H26N2O3/c26-23(10-8-18-7-9-21-22(15-18)28-14-13-27-21)24-16-19-5-1-2-6-20(19)17-25-11-3-4-12-25/h1-2,5-10,15H,3-4,11-14,16-17H2,(H,24,26)/p+1/b10-8+. The SMILES string of the molecule is O=C(/C=C/c1ccc2c(c1)OCCO2)NCc1ccccc1C[NH+]1CCCC1. The molecule has 2 aliphatic rings. The fourth-order valence-corrected chi connectivity index (χ4v) is 3.80. The molecule has 0 saturated carbocycles. The van der Waals surface area contributed by atoms with E-state index in [2.05, 4.69) is 23.5 Å². The van der Waals surface area contributed by atoms with E-state index >= 15 is 0 Å². The molecule has 0 aliphatic carbocycles. The molecule has 28 heavy (non-hydrogen) atoms. The third-order valence-electron chi connectivity index (χ3n) is 5.32. The molecule has 0 spiro atoms. The number of benzene rings is 2. The Morgan fingerprint density at radius 2 is 1.75 bits per heavy atom. The van der Waals surface area contributed by atoms with Crippen LogP contribution in [0.3, 0.4) is 0 Å². The Hall–Kier alpha value is -2.79. The van der Waals surface area contributed by atoms with Crippen LogP contribution in [0.1, 0.15) is 29.5 Å². The highest BCUT2D eigenvalue weighted by atomic mass is 16.6. The Morgan fingerprint density at radius 1 is 1.00 bits per heavy atom. The molecule has 1 saturated heterocycles. The normalized spacial score (nSPS) is 16.4. The number of quaternary nitrogens is 1. The molecule has 2 aromatic rings. The van der Waals surface area contributed by atoms with Gasteiger partial charge in [-0.3, -0.25) is 4.79 Å². The molecule has 1 fully saturated rings. The lowest BCUT2D eigenvalue weighted by Crippen LogP contribution is -3.08. The van der Waals surface area contributed by atoms with Gasteiger partial charge in [-0.25, -0.2) is 0 Å². The van der Waals surface area contributed by atoms with Crippen LogP contribution < -0.4 is 19.7 Å². The van der Waals surface area contributed by atoms with Crippen LogP contribution in [-0.2, 0) is 17.9 Å². The summed E-state index contributed by atoms with van der Waals surface area (Å²) in [6.07, 6.45) is 6.01. The molecule has 4 rings (SSSR count). The highest BCUT2D eigenvalue weighted by Crippen LogP contribution is 2.31. The van der Waals surface area contributed by atoms with Gasteiger partial charge in [0.15, 0.2) is 11.5 Å². The molecule has 2 N–H and O–H groups in total. The number of ether oxygens (including phenoxy) is 2. The second-order valence-corrected chi connectivity index (χ2v) is 7.36. The summed E-state index contributed by atoms with van der Waals surface area (Å²) in [6.45, 7) is 5.22. The fourth-order valence-electron chi connectivity index (χ4n) is 3.80. The molecule has 0 radical (unpaired) electrons. The molecule has 2 heterocycles. The number of carbonyl (C=O) groups is 1. The van der Waals surface area contributed by atoms with Gasteiger partial charge in [0.05, 0.1) is 13.1 Å². The number of likely N-dealkylation sites (tertiary alicyclic amines) is 1. The van der Waals surface area contributed by atoms with E-state index in [9.17, 15) is 4.79 Å². The average Bonchev–Trinajstić information content (AvgIpc) is 3.24. The van der Waals surface area contributed by atoms with Crippen LogP contribution in [0.25, 0.3) is 6.08 Å². The van der Waals surface area contributed by atoms with Crippen molar-refractivity contribution in [3.8, 4) is 11.5 Å². The van der Waals surface area contributed by atoms with Gasteiger partial charge in [-0.15, -0.1) is 0 Å². The number of hydrogen-bond acceptors (Lipinski definition) is 3. The predicted molar refractivity (Wildman–Crippen MR) is 108 cm³/mol. The molecule has 2 aliphatic heterocycles. The lowest BCUT2D eigenvalue weighted by atomic mass is 10.1. The smallest absolute Gasteiger partial charge is 0.244 e. The first-order chi connectivity index (χ1) is 13.8. The van der Waals surface area contributed by atoms with Crippen molar-refractivity contribution in [2.75, 3.05) is 26.3 Å². The Labute approximate surface area is 165 Å². The van der Waals surface area contributed by atoms with Crippen molar-refractivity contribution in [2.45, 2.75) is 25.9 Å². The number of amides is 1. The van der Waals surface area contributed by atoms with Gasteiger partial charge < -0.3 is 19.7 Å². The Bertz CT molecular complexity index is 857. The zero-order valence-corrected chi connectivity index (χ0v) is 16.1. The molecule has 5 heteroatoms. The minimum absolute atomic E-state index is 0.0989. The summed E-state index contributed by atoms with van der Waals surface area (Å²) in [5, 5.41) is 3.01. The minimum atomic E-state index is -0.0989. The zero-order valence-electron chi connectivity index (χ0n) is 16.1. The van der Waals surface area contributed by atoms with Crippen molar-refractivity contribution in [1.82, 2.24) is 5.32 Å². The summed E-state index contributed by atoms with van der Waals surface area (Å²) in [4.78, 5) is 13.9. The van der Waals surface area contributed by atoms with Crippen molar-refractivity contribution in [3.63, 3.8) is 0 Å². The van der Waals surface area contributed by atoms with E-state index in [0.29, 0.717) is 19.8 Å². The van der Waals surface area contributed by atoms with Crippen LogP contribution in [0.4, 0.5) is 0 Å². The average molecular weight is 379 g/mol. The van der Waals surface area contributed by atoms with Gasteiger partial charge >= 0.3 is 0 Å². The topological polar surface area (TPSA) is 52.0 Å². The first-order valence-electron chi connectivity index (χ1n) is 10.0. The van der Waals surface area contributed by atoms with Gasteiger partial charge in [0.1, 0.15) is 19.8 Å². The van der Waals surface area contributed by atoms with Gasteiger partial charge in [0.25, 0.3) is 0 Å². The molecule has 2 aromatic carbocycles. The summed E-state index contributed by atoms with van der Waals surface area (Å²) in [5.41, 5.74) is 3.44. The van der Waals surface area contributed by atoms with Crippen molar-refractivity contribution in [2.24, 2.45) is 0 Å². The van der Waals surface area contributed by atoms with E-state index in [1.165, 1.54) is 37.1 Å². The number of hydrogen-bond donors (Lipinski definition) is 2. The summed E-state index contributed by atoms with van der Waals surface area (Å²) in [7, 11) is 0. The summed E-state index contributed by atoms with van der Waals surface area (Å²) >= 11 is 0. The molecule has 0 bridgehead atoms. The minimum Gasteiger partial charge on any atom is -0.486 e. The Kier molecular flexibility index (Phi) is 5.92. The summed E-state index contributed by atoms with van der Waals surface area (Å²) in [5.74, 6) is 1.38. The fraction of sp³-hybridized carbons (Fsp3) is 0.348. The van der Waals surface area contributed by atoms with E-state index in [0.717, 1.165) is 23.6 Å². The zero-order chi connectivity index (χ0) is 19.2. The van der Waals surface area contributed by atoms with E-state index in [-0.39, 0.29) is 5.91 Å². The molecule has 5 nitrogen and oxygen atoms in total. The third kappa shape index (κ3) is 4.73. The number of nitrogens with one attached hydrogen (secondary N) is 2. The Morgan fingerprint density at radius 3 is 2.57 bits per heavy atom. The van der Waals surface area contributed by atoms with Crippen LogP contribution >= 0.6 is 0 Å². The second-order valence-electron chi connectivity index (χ2n) is 7.36. The lowest BCUT2D eigenvalue weighted by Gasteiger charge is -2.18. The van der Waals surface area contributed by atoms with Crippen molar-refractivity contribution in [3.05, 3.63) is 65.2 Å². The molecule has 0 atom stereocenters. The quantitative estimate of drug-likeness (QED) is 0.755. The monoisotopic (exact) mass is 379 g/mol. The van der Waals surface area contributed by atoms with Gasteiger partial charge in [-0.1, -0.05) is 30.3 Å². The van der Waals surface area contributed by atoms with Crippen LogP contribution in [0, 0.1) is 0 Å². The molecular formula is C23H27N2O3+.